The fourth-order valence-corrected chi connectivity index (χ4v) is 1.33. The van der Waals surface area contributed by atoms with E-state index in [9.17, 15) is 8.76 Å². The van der Waals surface area contributed by atoms with Crippen molar-refractivity contribution in [3.63, 3.8) is 0 Å². The van der Waals surface area contributed by atoms with Crippen molar-refractivity contribution in [2.24, 2.45) is 4.99 Å². The quantitative estimate of drug-likeness (QED) is 0.437. The summed E-state index contributed by atoms with van der Waals surface area (Å²) in [7, 11) is 1.88. The lowest BCUT2D eigenvalue weighted by Gasteiger charge is -2.22. The zero-order valence-electron chi connectivity index (χ0n) is 5.74. The lowest BCUT2D eigenvalue weighted by atomic mass is 10.4. The molecular weight excluding hydrogens is 152 g/mol. The minimum Gasteiger partial charge on any atom is -0.767 e. The molecule has 1 rings (SSSR count). The Kier molecular flexibility index (Phi) is 2.53. The molecule has 1 heterocycles. The number of aliphatic imine (C=N–C) groups is 1. The molecular formula is C5H9N2O2S-. The van der Waals surface area contributed by atoms with Crippen LogP contribution in [0.4, 0.5) is 0 Å². The first-order chi connectivity index (χ1) is 4.70. The fourth-order valence-electron chi connectivity index (χ4n) is 0.811. The van der Waals surface area contributed by atoms with Crippen LogP contribution in [0.1, 0.15) is 0 Å². The van der Waals surface area contributed by atoms with E-state index in [0.717, 1.165) is 6.54 Å². The van der Waals surface area contributed by atoms with Gasteiger partial charge in [-0.2, -0.15) is 0 Å². The molecule has 0 aromatic heterocycles. The highest BCUT2D eigenvalue weighted by Gasteiger charge is 2.09. The summed E-state index contributed by atoms with van der Waals surface area (Å²) < 4.78 is 20.7. The third-order valence-corrected chi connectivity index (χ3v) is 2.01. The Hall–Kier alpha value is -0.260. The van der Waals surface area contributed by atoms with Crippen LogP contribution < -0.4 is 0 Å². The molecule has 0 aromatic rings. The molecule has 0 saturated carbocycles. The second-order valence-electron chi connectivity index (χ2n) is 2.25. The Bertz CT molecular complexity index is 180. The van der Waals surface area contributed by atoms with Crippen molar-refractivity contribution in [2.75, 3.05) is 26.7 Å². The molecule has 58 valence electrons. The highest BCUT2D eigenvalue weighted by molar-refractivity contribution is 7.95. The molecule has 0 N–H and O–H groups in total. The zero-order valence-corrected chi connectivity index (χ0v) is 6.56. The maximum atomic E-state index is 10.3. The van der Waals surface area contributed by atoms with Crippen LogP contribution in [0.5, 0.6) is 0 Å². The van der Waals surface area contributed by atoms with Gasteiger partial charge in [-0.25, -0.2) is 0 Å². The Morgan fingerprint density at radius 1 is 1.80 bits per heavy atom. The monoisotopic (exact) mass is 161 g/mol. The van der Waals surface area contributed by atoms with Crippen molar-refractivity contribution in [2.45, 2.75) is 0 Å². The minimum absolute atomic E-state index is 0.272. The average molecular weight is 161 g/mol. The van der Waals surface area contributed by atoms with E-state index in [1.165, 1.54) is 0 Å². The van der Waals surface area contributed by atoms with E-state index < -0.39 is 11.1 Å². The van der Waals surface area contributed by atoms with Crippen molar-refractivity contribution >= 4 is 16.1 Å². The largest absolute Gasteiger partial charge is 0.767 e. The van der Waals surface area contributed by atoms with E-state index >= 15 is 0 Å². The van der Waals surface area contributed by atoms with Gasteiger partial charge >= 0.3 is 0 Å². The van der Waals surface area contributed by atoms with Crippen LogP contribution in [-0.2, 0) is 11.1 Å². The van der Waals surface area contributed by atoms with Gasteiger partial charge in [-0.05, 0) is 18.1 Å². The van der Waals surface area contributed by atoms with Crippen molar-refractivity contribution < 1.29 is 8.76 Å². The molecule has 0 aromatic carbocycles. The first-order valence-corrected chi connectivity index (χ1v) is 4.09. The molecule has 0 radical (unpaired) electrons. The van der Waals surface area contributed by atoms with E-state index in [-0.39, 0.29) is 5.04 Å². The van der Waals surface area contributed by atoms with Crippen LogP contribution in [0.2, 0.25) is 0 Å². The Balaban J connectivity index is 2.60. The van der Waals surface area contributed by atoms with Gasteiger partial charge < -0.3 is 4.55 Å². The van der Waals surface area contributed by atoms with Crippen molar-refractivity contribution in [3.05, 3.63) is 0 Å². The van der Waals surface area contributed by atoms with Gasteiger partial charge in [0.2, 0.25) is 0 Å². The average Bonchev–Trinajstić information content (AvgIpc) is 1.88. The molecule has 0 aliphatic carbocycles. The Labute approximate surface area is 62.2 Å². The van der Waals surface area contributed by atoms with Gasteiger partial charge in [-0.3, -0.25) is 14.1 Å². The maximum absolute atomic E-state index is 10.3. The topological polar surface area (TPSA) is 55.7 Å². The zero-order chi connectivity index (χ0) is 7.56. The number of likely N-dealkylation sites (N-methyl/N-ethyl adjacent to an activating group) is 1. The summed E-state index contributed by atoms with van der Waals surface area (Å²) in [6, 6.07) is 0. The standard InChI is InChI=1S/C5H10N2O2S/c1-7-3-2-6-5(4-7)10(8)9/h2-4H2,1H3,(H,8,9)/p-1. The molecule has 0 bridgehead atoms. The third kappa shape index (κ3) is 1.86. The molecule has 4 nitrogen and oxygen atoms in total. The number of hydrogen-bond donors (Lipinski definition) is 0. The first kappa shape index (κ1) is 7.84. The van der Waals surface area contributed by atoms with E-state index in [0.29, 0.717) is 13.1 Å². The normalized spacial score (nSPS) is 24.0. The van der Waals surface area contributed by atoms with Gasteiger partial charge in [-0.1, -0.05) is 0 Å². The minimum atomic E-state index is -2.11. The summed E-state index contributed by atoms with van der Waals surface area (Å²) in [4.78, 5) is 5.77. The summed E-state index contributed by atoms with van der Waals surface area (Å²) in [6.45, 7) is 1.90. The SMILES string of the molecule is CN1CCN=C(S(=O)[O-])C1. The highest BCUT2D eigenvalue weighted by atomic mass is 32.2. The lowest BCUT2D eigenvalue weighted by Crippen LogP contribution is -2.34. The lowest BCUT2D eigenvalue weighted by molar-refractivity contribution is 0.380. The van der Waals surface area contributed by atoms with E-state index in [4.69, 9.17) is 0 Å². The molecule has 1 aliphatic heterocycles. The van der Waals surface area contributed by atoms with Crippen LogP contribution in [0, 0.1) is 0 Å². The van der Waals surface area contributed by atoms with Gasteiger partial charge in [0, 0.05) is 13.1 Å². The summed E-state index contributed by atoms with van der Waals surface area (Å²) in [5.41, 5.74) is 0. The Morgan fingerprint density at radius 2 is 2.50 bits per heavy atom. The van der Waals surface area contributed by atoms with E-state index in [2.05, 4.69) is 4.99 Å². The van der Waals surface area contributed by atoms with Gasteiger partial charge in [0.25, 0.3) is 0 Å². The van der Waals surface area contributed by atoms with E-state index in [1.54, 1.807) is 0 Å². The maximum Gasteiger partial charge on any atom is 0.0987 e. The van der Waals surface area contributed by atoms with Crippen molar-refractivity contribution in [3.8, 4) is 0 Å². The van der Waals surface area contributed by atoms with Crippen LogP contribution in [-0.4, -0.2) is 45.4 Å². The summed E-state index contributed by atoms with van der Waals surface area (Å²) >= 11 is -2.11. The molecule has 1 atom stereocenters. The van der Waals surface area contributed by atoms with Crippen molar-refractivity contribution in [1.29, 1.82) is 0 Å². The fraction of sp³-hybridized carbons (Fsp3) is 0.800. The smallest absolute Gasteiger partial charge is 0.0987 e. The summed E-state index contributed by atoms with van der Waals surface area (Å²) in [5.74, 6) is 0. The van der Waals surface area contributed by atoms with Crippen LogP contribution >= 0.6 is 0 Å². The summed E-state index contributed by atoms with van der Waals surface area (Å²) in [5, 5.41) is 0.272. The van der Waals surface area contributed by atoms with Gasteiger partial charge in [0.05, 0.1) is 11.6 Å². The Morgan fingerprint density at radius 3 is 2.90 bits per heavy atom. The molecule has 1 unspecified atom stereocenters. The van der Waals surface area contributed by atoms with Gasteiger partial charge in [0.1, 0.15) is 0 Å². The first-order valence-electron chi connectivity index (χ1n) is 3.01. The number of rotatable bonds is 0. The van der Waals surface area contributed by atoms with Gasteiger partial charge in [-0.15, -0.1) is 0 Å². The molecule has 0 fully saturated rings. The molecule has 5 heteroatoms. The van der Waals surface area contributed by atoms with Crippen molar-refractivity contribution in [1.82, 2.24) is 4.90 Å². The van der Waals surface area contributed by atoms with Crippen LogP contribution in [0.25, 0.3) is 0 Å². The second-order valence-corrected chi connectivity index (χ2v) is 3.19. The molecule has 0 saturated heterocycles. The number of nitrogens with zero attached hydrogens (tertiary/aromatic N) is 2. The number of hydrogen-bond acceptors (Lipinski definition) is 4. The highest BCUT2D eigenvalue weighted by Crippen LogP contribution is 1.96. The predicted octanol–water partition coefficient (Wildman–Crippen LogP) is -0.791. The van der Waals surface area contributed by atoms with Gasteiger partial charge in [0.15, 0.2) is 0 Å². The third-order valence-electron chi connectivity index (χ3n) is 1.37. The van der Waals surface area contributed by atoms with Crippen LogP contribution in [0.15, 0.2) is 4.99 Å². The molecule has 0 amide bonds. The van der Waals surface area contributed by atoms with Crippen LogP contribution in [0.3, 0.4) is 0 Å². The summed E-state index contributed by atoms with van der Waals surface area (Å²) in [6.07, 6.45) is 0. The van der Waals surface area contributed by atoms with E-state index in [1.807, 2.05) is 11.9 Å². The molecule has 1 aliphatic rings. The second kappa shape index (κ2) is 3.23. The predicted molar refractivity (Wildman–Crippen MR) is 38.7 cm³/mol. The molecule has 0 spiro atoms. The molecule has 10 heavy (non-hydrogen) atoms.